The third-order valence-corrected chi connectivity index (χ3v) is 6.73. The van der Waals surface area contributed by atoms with Gasteiger partial charge in [-0.25, -0.2) is 9.37 Å². The third kappa shape index (κ3) is 4.23. The van der Waals surface area contributed by atoms with Gasteiger partial charge in [0.1, 0.15) is 16.9 Å². The Morgan fingerprint density at radius 2 is 1.97 bits per heavy atom. The molecule has 0 saturated carbocycles. The van der Waals surface area contributed by atoms with Crippen LogP contribution < -0.4 is 5.32 Å². The van der Waals surface area contributed by atoms with Gasteiger partial charge in [-0.15, -0.1) is 0 Å². The van der Waals surface area contributed by atoms with Crippen molar-refractivity contribution in [1.29, 1.82) is 0 Å². The summed E-state index contributed by atoms with van der Waals surface area (Å²) < 4.78 is 16.0. The number of amides is 1. The molecule has 0 radical (unpaired) electrons. The van der Waals surface area contributed by atoms with E-state index in [1.165, 1.54) is 18.6 Å². The van der Waals surface area contributed by atoms with E-state index in [1.54, 1.807) is 29.8 Å². The fraction of sp³-hybridized carbons (Fsp3) is 0.154. The van der Waals surface area contributed by atoms with E-state index in [9.17, 15) is 4.79 Å². The topological polar surface area (TPSA) is 125 Å². The van der Waals surface area contributed by atoms with Crippen LogP contribution in [-0.2, 0) is 4.79 Å². The number of hydrogen-bond acceptors (Lipinski definition) is 7. The van der Waals surface area contributed by atoms with Crippen LogP contribution in [-0.4, -0.2) is 41.0 Å². The number of nitrogens with one attached hydrogen (secondary N) is 3. The number of thiophene rings is 1. The minimum atomic E-state index is -0.561. The molecule has 9 nitrogen and oxygen atoms in total. The van der Waals surface area contributed by atoms with Crippen molar-refractivity contribution in [2.24, 2.45) is 0 Å². The summed E-state index contributed by atoms with van der Waals surface area (Å²) in [5.74, 6) is -0.256. The SMILES string of the molecule is CCCCC(=O)Nc1cncc(-c2ncc3[nH]nc(-c4nc5c(-c6ccsc6)cncc5[nH]4)c3c2F)c1. The zero-order chi connectivity index (χ0) is 25.4. The van der Waals surface area contributed by atoms with Crippen LogP contribution in [0.25, 0.3) is 55.8 Å². The molecular weight excluding hydrogens is 491 g/mol. The van der Waals surface area contributed by atoms with E-state index in [4.69, 9.17) is 4.98 Å². The minimum absolute atomic E-state index is 0.101. The number of aromatic amines is 2. The van der Waals surface area contributed by atoms with E-state index in [-0.39, 0.29) is 17.0 Å². The van der Waals surface area contributed by atoms with Gasteiger partial charge in [0.2, 0.25) is 5.91 Å². The maximum absolute atomic E-state index is 16.0. The molecule has 0 aromatic carbocycles. The summed E-state index contributed by atoms with van der Waals surface area (Å²) in [6.45, 7) is 2.02. The summed E-state index contributed by atoms with van der Waals surface area (Å²) in [6.07, 6.45) is 10.1. The molecule has 0 aliphatic rings. The van der Waals surface area contributed by atoms with E-state index >= 15 is 4.39 Å². The first-order valence-corrected chi connectivity index (χ1v) is 12.7. The van der Waals surface area contributed by atoms with Gasteiger partial charge in [-0.2, -0.15) is 16.4 Å². The van der Waals surface area contributed by atoms with E-state index < -0.39 is 5.82 Å². The van der Waals surface area contributed by atoms with Gasteiger partial charge in [0.15, 0.2) is 11.6 Å². The summed E-state index contributed by atoms with van der Waals surface area (Å²) >= 11 is 1.59. The van der Waals surface area contributed by atoms with Crippen LogP contribution in [0.15, 0.2) is 53.9 Å². The van der Waals surface area contributed by atoms with Crippen molar-refractivity contribution in [2.45, 2.75) is 26.2 Å². The number of carbonyl (C=O) groups is 1. The van der Waals surface area contributed by atoms with Gasteiger partial charge in [0, 0.05) is 29.9 Å². The molecule has 11 heteroatoms. The first-order chi connectivity index (χ1) is 18.1. The number of H-pyrrole nitrogens is 2. The van der Waals surface area contributed by atoms with Crippen LogP contribution >= 0.6 is 11.3 Å². The summed E-state index contributed by atoms with van der Waals surface area (Å²) in [7, 11) is 0. The second kappa shape index (κ2) is 9.51. The average molecular weight is 513 g/mol. The van der Waals surface area contributed by atoms with Crippen molar-refractivity contribution in [3.63, 3.8) is 0 Å². The third-order valence-electron chi connectivity index (χ3n) is 6.05. The molecule has 0 bridgehead atoms. The highest BCUT2D eigenvalue weighted by Crippen LogP contribution is 2.34. The normalized spacial score (nSPS) is 11.4. The number of pyridine rings is 3. The molecule has 6 aromatic heterocycles. The van der Waals surface area contributed by atoms with E-state index in [2.05, 4.69) is 35.5 Å². The molecule has 0 aliphatic carbocycles. The van der Waals surface area contributed by atoms with Crippen LogP contribution in [0, 0.1) is 5.82 Å². The number of carbonyl (C=O) groups excluding carboxylic acids is 1. The lowest BCUT2D eigenvalue weighted by Gasteiger charge is -2.08. The zero-order valence-electron chi connectivity index (χ0n) is 19.7. The maximum Gasteiger partial charge on any atom is 0.224 e. The van der Waals surface area contributed by atoms with Gasteiger partial charge in [-0.05, 0) is 34.9 Å². The zero-order valence-corrected chi connectivity index (χ0v) is 20.6. The molecule has 1 amide bonds. The lowest BCUT2D eigenvalue weighted by molar-refractivity contribution is -0.116. The molecule has 0 aliphatic heterocycles. The maximum atomic E-state index is 16.0. The van der Waals surface area contributed by atoms with Crippen molar-refractivity contribution < 1.29 is 9.18 Å². The molecule has 3 N–H and O–H groups in total. The number of halogens is 1. The number of nitrogens with zero attached hydrogens (tertiary/aromatic N) is 5. The number of unbranched alkanes of at least 4 members (excludes halogenated alkanes) is 1. The fourth-order valence-corrected chi connectivity index (χ4v) is 4.88. The van der Waals surface area contributed by atoms with Crippen molar-refractivity contribution in [2.75, 3.05) is 5.32 Å². The van der Waals surface area contributed by atoms with E-state index in [1.807, 2.05) is 23.8 Å². The number of fused-ring (bicyclic) bond motifs is 2. The Labute approximate surface area is 214 Å². The highest BCUT2D eigenvalue weighted by molar-refractivity contribution is 7.08. The lowest BCUT2D eigenvalue weighted by atomic mass is 10.1. The molecule has 6 rings (SSSR count). The second-order valence-corrected chi connectivity index (χ2v) is 9.36. The first-order valence-electron chi connectivity index (χ1n) is 11.8. The highest BCUT2D eigenvalue weighted by Gasteiger charge is 2.21. The predicted molar refractivity (Wildman–Crippen MR) is 141 cm³/mol. The van der Waals surface area contributed by atoms with Crippen molar-refractivity contribution in [3.05, 3.63) is 59.7 Å². The molecule has 0 atom stereocenters. The number of aromatic nitrogens is 7. The molecule has 0 spiro atoms. The van der Waals surface area contributed by atoms with Crippen molar-refractivity contribution in [1.82, 2.24) is 35.1 Å². The molecular formula is C26H21FN8OS. The molecule has 184 valence electrons. The number of imidazole rings is 1. The van der Waals surface area contributed by atoms with Gasteiger partial charge in [0.25, 0.3) is 0 Å². The predicted octanol–water partition coefficient (Wildman–Crippen LogP) is 5.95. The Kier molecular flexibility index (Phi) is 5.89. The largest absolute Gasteiger partial charge is 0.335 e. The summed E-state index contributed by atoms with van der Waals surface area (Å²) in [5, 5.41) is 14.3. The second-order valence-electron chi connectivity index (χ2n) is 8.58. The van der Waals surface area contributed by atoms with Crippen molar-refractivity contribution in [3.8, 4) is 33.9 Å². The molecule has 0 unspecified atom stereocenters. The van der Waals surface area contributed by atoms with E-state index in [0.29, 0.717) is 34.7 Å². The van der Waals surface area contributed by atoms with Gasteiger partial charge in [-0.1, -0.05) is 13.3 Å². The van der Waals surface area contributed by atoms with Crippen LogP contribution in [0.2, 0.25) is 0 Å². The van der Waals surface area contributed by atoms with Crippen LogP contribution in [0.1, 0.15) is 26.2 Å². The molecule has 6 heterocycles. The Morgan fingerprint density at radius 1 is 1.08 bits per heavy atom. The standard InChI is InChI=1S/C26H21FN8OS/c1-2-3-4-20(36)31-16-7-15(8-28-9-16)23-22(27)21-18(12-30-23)34-35-25(21)26-32-19-11-29-10-17(24(19)33-26)14-5-6-37-13-14/h5-13H,2-4H2,1H3,(H,31,36)(H,32,33)(H,34,35). The Morgan fingerprint density at radius 3 is 2.81 bits per heavy atom. The molecule has 0 saturated heterocycles. The average Bonchev–Trinajstić information content (AvgIpc) is 3.67. The minimum Gasteiger partial charge on any atom is -0.335 e. The monoisotopic (exact) mass is 512 g/mol. The first kappa shape index (κ1) is 22.9. The lowest BCUT2D eigenvalue weighted by Crippen LogP contribution is -2.11. The summed E-state index contributed by atoms with van der Waals surface area (Å²) in [4.78, 5) is 32.9. The fourth-order valence-electron chi connectivity index (χ4n) is 4.22. The molecule has 6 aromatic rings. The Hall–Kier alpha value is -4.51. The summed E-state index contributed by atoms with van der Waals surface area (Å²) in [6, 6.07) is 3.67. The Bertz CT molecular complexity index is 1740. The number of rotatable bonds is 7. The van der Waals surface area contributed by atoms with Crippen molar-refractivity contribution >= 4 is 44.9 Å². The molecule has 37 heavy (non-hydrogen) atoms. The Balaban J connectivity index is 1.41. The van der Waals surface area contributed by atoms with E-state index in [0.717, 1.165) is 35.0 Å². The smallest absolute Gasteiger partial charge is 0.224 e. The van der Waals surface area contributed by atoms with Crippen LogP contribution in [0.5, 0.6) is 0 Å². The van der Waals surface area contributed by atoms with Gasteiger partial charge in [0.05, 0.1) is 40.7 Å². The van der Waals surface area contributed by atoms with Gasteiger partial charge >= 0.3 is 0 Å². The van der Waals surface area contributed by atoms with Crippen LogP contribution in [0.4, 0.5) is 10.1 Å². The number of hydrogen-bond donors (Lipinski definition) is 3. The van der Waals surface area contributed by atoms with Crippen LogP contribution in [0.3, 0.4) is 0 Å². The highest BCUT2D eigenvalue weighted by atomic mass is 32.1. The number of anilines is 1. The molecule has 0 fully saturated rings. The summed E-state index contributed by atoms with van der Waals surface area (Å²) in [5.41, 5.74) is 5.14. The van der Waals surface area contributed by atoms with Gasteiger partial charge in [-0.3, -0.25) is 24.8 Å². The quantitative estimate of drug-likeness (QED) is 0.243. The van der Waals surface area contributed by atoms with Gasteiger partial charge < -0.3 is 10.3 Å².